The van der Waals surface area contributed by atoms with Gasteiger partial charge in [-0.25, -0.2) is 0 Å². The Balaban J connectivity index is 1.35. The van der Waals surface area contributed by atoms with Crippen molar-refractivity contribution in [3.63, 3.8) is 0 Å². The van der Waals surface area contributed by atoms with Crippen molar-refractivity contribution in [3.05, 3.63) is 82.0 Å². The zero-order valence-electron chi connectivity index (χ0n) is 14.6. The molecule has 0 unspecified atom stereocenters. The Morgan fingerprint density at radius 3 is 2.08 bits per heavy atom. The van der Waals surface area contributed by atoms with Crippen molar-refractivity contribution < 1.29 is 0 Å². The van der Waals surface area contributed by atoms with E-state index < -0.39 is 0 Å². The maximum atomic E-state index is 4.67. The number of thiophene rings is 1. The summed E-state index contributed by atoms with van der Waals surface area (Å²) in [6.45, 7) is 4.02. The van der Waals surface area contributed by atoms with Crippen LogP contribution in [0.25, 0.3) is 11.1 Å². The van der Waals surface area contributed by atoms with Crippen LogP contribution in [-0.4, -0.2) is 42.3 Å². The molecule has 1 aliphatic heterocycles. The zero-order valence-corrected chi connectivity index (χ0v) is 15.4. The molecule has 1 aromatic heterocycles. The fourth-order valence-electron chi connectivity index (χ4n) is 4.11. The van der Waals surface area contributed by atoms with Crippen LogP contribution in [0.5, 0.6) is 0 Å². The summed E-state index contributed by atoms with van der Waals surface area (Å²) in [5.41, 5.74) is 5.69. The largest absolute Gasteiger partial charge is 0.294 e. The molecule has 0 radical (unpaired) electrons. The van der Waals surface area contributed by atoms with E-state index in [1.54, 1.807) is 11.3 Å². The van der Waals surface area contributed by atoms with Gasteiger partial charge in [0.05, 0.1) is 12.3 Å². The summed E-state index contributed by atoms with van der Waals surface area (Å²) in [5.74, 6) is 0. The molecule has 2 heterocycles. The van der Waals surface area contributed by atoms with Gasteiger partial charge in [0.25, 0.3) is 0 Å². The average Bonchev–Trinajstić information content (AvgIpc) is 3.33. The number of rotatable bonds is 3. The van der Waals surface area contributed by atoms with Gasteiger partial charge in [-0.05, 0) is 33.7 Å². The van der Waals surface area contributed by atoms with Crippen LogP contribution in [0.4, 0.5) is 0 Å². The first kappa shape index (κ1) is 15.8. The Bertz CT molecular complexity index is 879. The smallest absolute Gasteiger partial charge is 0.0642 e. The molecule has 0 atom stereocenters. The van der Waals surface area contributed by atoms with Crippen LogP contribution in [0.2, 0.25) is 0 Å². The van der Waals surface area contributed by atoms with Crippen molar-refractivity contribution >= 4 is 17.6 Å². The number of hydrogen-bond acceptors (Lipinski definition) is 4. The molecule has 0 saturated carbocycles. The van der Waals surface area contributed by atoms with Gasteiger partial charge in [0.15, 0.2) is 0 Å². The van der Waals surface area contributed by atoms with E-state index in [9.17, 15) is 0 Å². The number of hydrogen-bond donors (Lipinski definition) is 0. The summed E-state index contributed by atoms with van der Waals surface area (Å²) in [5, 5.41) is 8.96. The second kappa shape index (κ2) is 6.71. The van der Waals surface area contributed by atoms with Gasteiger partial charge < -0.3 is 0 Å². The van der Waals surface area contributed by atoms with E-state index in [1.807, 2.05) is 6.21 Å². The van der Waals surface area contributed by atoms with Crippen molar-refractivity contribution in [3.8, 4) is 11.1 Å². The third kappa shape index (κ3) is 2.75. The summed E-state index contributed by atoms with van der Waals surface area (Å²) in [6.07, 6.45) is 1.99. The predicted molar refractivity (Wildman–Crippen MR) is 109 cm³/mol. The van der Waals surface area contributed by atoms with Crippen molar-refractivity contribution in [1.82, 2.24) is 9.91 Å². The number of piperazine rings is 1. The second-order valence-electron chi connectivity index (χ2n) is 6.83. The van der Waals surface area contributed by atoms with E-state index in [-0.39, 0.29) is 0 Å². The normalized spacial score (nSPS) is 17.6. The highest BCUT2D eigenvalue weighted by atomic mass is 32.1. The Morgan fingerprint density at radius 2 is 1.46 bits per heavy atom. The van der Waals surface area contributed by atoms with Crippen molar-refractivity contribution in [2.75, 3.05) is 26.2 Å². The maximum Gasteiger partial charge on any atom is 0.0642 e. The first-order valence-corrected chi connectivity index (χ1v) is 10.0. The van der Waals surface area contributed by atoms with Crippen molar-refractivity contribution in [2.45, 2.75) is 6.04 Å². The van der Waals surface area contributed by atoms with Gasteiger partial charge in [-0.3, -0.25) is 9.91 Å². The molecule has 0 bridgehead atoms. The van der Waals surface area contributed by atoms with Crippen LogP contribution in [0.1, 0.15) is 22.0 Å². The van der Waals surface area contributed by atoms with Crippen molar-refractivity contribution in [1.29, 1.82) is 0 Å². The lowest BCUT2D eigenvalue weighted by atomic mass is 10.0. The SMILES string of the molecule is C(=N\N1CCN(C2c3ccccc3-c3ccccc32)CC1)/c1cccs1. The molecule has 1 aliphatic carbocycles. The van der Waals surface area contributed by atoms with Crippen LogP contribution >= 0.6 is 11.3 Å². The van der Waals surface area contributed by atoms with Crippen LogP contribution in [0.15, 0.2) is 71.1 Å². The fourth-order valence-corrected chi connectivity index (χ4v) is 4.69. The highest BCUT2D eigenvalue weighted by Gasteiger charge is 2.33. The van der Waals surface area contributed by atoms with Gasteiger partial charge in [0, 0.05) is 31.1 Å². The molecule has 130 valence electrons. The van der Waals surface area contributed by atoms with Gasteiger partial charge in [-0.2, -0.15) is 5.10 Å². The number of nitrogens with zero attached hydrogens (tertiary/aromatic N) is 3. The van der Waals surface area contributed by atoms with Crippen LogP contribution in [-0.2, 0) is 0 Å². The molecule has 2 aromatic carbocycles. The lowest BCUT2D eigenvalue weighted by molar-refractivity contribution is 0.114. The van der Waals surface area contributed by atoms with E-state index in [4.69, 9.17) is 0 Å². The summed E-state index contributed by atoms with van der Waals surface area (Å²) in [6, 6.07) is 22.3. The molecular formula is C22H21N3S. The van der Waals surface area contributed by atoms with Crippen molar-refractivity contribution in [2.24, 2.45) is 5.10 Å². The van der Waals surface area contributed by atoms with E-state index in [0.29, 0.717) is 6.04 Å². The third-order valence-electron chi connectivity index (χ3n) is 5.35. The minimum Gasteiger partial charge on any atom is -0.294 e. The molecular weight excluding hydrogens is 338 g/mol. The topological polar surface area (TPSA) is 18.8 Å². The van der Waals surface area contributed by atoms with Gasteiger partial charge in [0.2, 0.25) is 0 Å². The molecule has 2 aliphatic rings. The number of benzene rings is 2. The molecule has 26 heavy (non-hydrogen) atoms. The first-order chi connectivity index (χ1) is 12.9. The summed E-state index contributed by atoms with van der Waals surface area (Å²) >= 11 is 1.73. The van der Waals surface area contributed by atoms with Crippen LogP contribution in [0.3, 0.4) is 0 Å². The van der Waals surface area contributed by atoms with Crippen LogP contribution < -0.4 is 0 Å². The quantitative estimate of drug-likeness (QED) is 0.643. The minimum atomic E-state index is 0.380. The predicted octanol–water partition coefficient (Wildman–Crippen LogP) is 4.47. The second-order valence-corrected chi connectivity index (χ2v) is 7.81. The first-order valence-electron chi connectivity index (χ1n) is 9.15. The molecule has 1 fully saturated rings. The Morgan fingerprint density at radius 1 is 0.808 bits per heavy atom. The highest BCUT2D eigenvalue weighted by Crippen LogP contribution is 2.46. The minimum absolute atomic E-state index is 0.380. The molecule has 5 rings (SSSR count). The Labute approximate surface area is 158 Å². The van der Waals surface area contributed by atoms with Gasteiger partial charge in [-0.15, -0.1) is 11.3 Å². The average molecular weight is 359 g/mol. The third-order valence-corrected chi connectivity index (χ3v) is 6.16. The molecule has 0 N–H and O–H groups in total. The molecule has 3 nitrogen and oxygen atoms in total. The lowest BCUT2D eigenvalue weighted by Crippen LogP contribution is -2.45. The monoisotopic (exact) mass is 359 g/mol. The Hall–Kier alpha value is -2.43. The summed E-state index contributed by atoms with van der Waals surface area (Å²) in [7, 11) is 0. The molecule has 0 spiro atoms. The number of fused-ring (bicyclic) bond motifs is 3. The van der Waals surface area contributed by atoms with Gasteiger partial charge in [-0.1, -0.05) is 54.6 Å². The molecule has 3 aromatic rings. The van der Waals surface area contributed by atoms with E-state index >= 15 is 0 Å². The number of hydrazone groups is 1. The van der Waals surface area contributed by atoms with E-state index in [0.717, 1.165) is 26.2 Å². The molecule has 1 saturated heterocycles. The lowest BCUT2D eigenvalue weighted by Gasteiger charge is -2.37. The van der Waals surface area contributed by atoms with E-state index in [1.165, 1.54) is 27.1 Å². The van der Waals surface area contributed by atoms with E-state index in [2.05, 4.69) is 81.1 Å². The highest BCUT2D eigenvalue weighted by molar-refractivity contribution is 7.11. The zero-order chi connectivity index (χ0) is 17.3. The summed E-state index contributed by atoms with van der Waals surface area (Å²) < 4.78 is 0. The molecule has 4 heteroatoms. The molecule has 0 amide bonds. The van der Waals surface area contributed by atoms with Gasteiger partial charge >= 0.3 is 0 Å². The standard InChI is InChI=1S/C22H21N3S/c1-3-9-20-18(7-1)19-8-2-4-10-21(19)22(20)24-11-13-25(14-12-24)23-16-17-6-5-15-26-17/h1-10,15-16,22H,11-14H2/b23-16+. The summed E-state index contributed by atoms with van der Waals surface area (Å²) in [4.78, 5) is 3.83. The fraction of sp³-hybridized carbons (Fsp3) is 0.227. The maximum absolute atomic E-state index is 4.67. The Kier molecular flexibility index (Phi) is 4.07. The van der Waals surface area contributed by atoms with Crippen LogP contribution in [0, 0.1) is 0 Å². The van der Waals surface area contributed by atoms with Gasteiger partial charge in [0.1, 0.15) is 0 Å².